The summed E-state index contributed by atoms with van der Waals surface area (Å²) in [5.74, 6) is 0.926. The number of nitrogen functional groups attached to an aromatic ring is 1. The summed E-state index contributed by atoms with van der Waals surface area (Å²) in [6.07, 6.45) is 2.62. The van der Waals surface area contributed by atoms with E-state index in [0.29, 0.717) is 89.5 Å². The summed E-state index contributed by atoms with van der Waals surface area (Å²) >= 11 is 0. The van der Waals surface area contributed by atoms with Gasteiger partial charge in [0.05, 0.1) is 76.7 Å². The van der Waals surface area contributed by atoms with Crippen LogP contribution < -0.4 is 39.4 Å². The summed E-state index contributed by atoms with van der Waals surface area (Å²) in [7, 11) is 4.63. The molecule has 0 bridgehead atoms. The van der Waals surface area contributed by atoms with Gasteiger partial charge in [0.1, 0.15) is 18.8 Å². The number of carbonyl (C=O) groups excluding carboxylic acids is 3. The highest BCUT2D eigenvalue weighted by Crippen LogP contribution is 2.42. The van der Waals surface area contributed by atoms with Crippen LogP contribution in [0.25, 0.3) is 0 Å². The van der Waals surface area contributed by atoms with E-state index in [1.54, 1.807) is 68.2 Å². The van der Waals surface area contributed by atoms with Crippen molar-refractivity contribution in [3.63, 3.8) is 0 Å². The minimum absolute atomic E-state index is 0.00226. The van der Waals surface area contributed by atoms with Crippen molar-refractivity contribution < 1.29 is 52.3 Å². The van der Waals surface area contributed by atoms with Crippen LogP contribution in [0.15, 0.2) is 96.0 Å². The molecule has 3 amide bonds. The Morgan fingerprint density at radius 1 is 0.743 bits per heavy atom. The van der Waals surface area contributed by atoms with Crippen molar-refractivity contribution in [2.75, 3.05) is 81.3 Å². The Balaban J connectivity index is 1.08. The van der Waals surface area contributed by atoms with Crippen LogP contribution in [0.5, 0.6) is 23.0 Å². The minimum Gasteiger partial charge on any atom is -0.493 e. The summed E-state index contributed by atoms with van der Waals surface area (Å²) in [5.41, 5.74) is 12.9. The van der Waals surface area contributed by atoms with Crippen molar-refractivity contribution in [1.29, 1.82) is 0 Å². The maximum atomic E-state index is 14.1. The smallest absolute Gasteiger partial charge is 0.414 e. The zero-order valence-corrected chi connectivity index (χ0v) is 40.8. The van der Waals surface area contributed by atoms with Crippen molar-refractivity contribution in [1.82, 2.24) is 0 Å². The van der Waals surface area contributed by atoms with Gasteiger partial charge in [0.15, 0.2) is 23.0 Å². The largest absolute Gasteiger partial charge is 0.493 e. The second kappa shape index (κ2) is 21.7. The first-order valence-electron chi connectivity index (χ1n) is 23.4. The lowest BCUT2D eigenvalue weighted by atomic mass is 10.1. The van der Waals surface area contributed by atoms with Crippen molar-refractivity contribution in [3.05, 3.63) is 124 Å². The number of para-hydroxylation sites is 2. The quantitative estimate of drug-likeness (QED) is 0.0617. The maximum absolute atomic E-state index is 14.1. The van der Waals surface area contributed by atoms with Crippen molar-refractivity contribution in [2.24, 2.45) is 4.99 Å². The number of hydrogen-bond donors (Lipinski definition) is 1. The molecule has 0 saturated carbocycles. The molecule has 0 aliphatic carbocycles. The summed E-state index contributed by atoms with van der Waals surface area (Å²) in [6, 6.07) is 27.6. The van der Waals surface area contributed by atoms with Gasteiger partial charge in [-0.15, -0.1) is 0 Å². The van der Waals surface area contributed by atoms with E-state index in [1.165, 1.54) is 19.1 Å². The third kappa shape index (κ3) is 11.0. The number of amides is 3. The van der Waals surface area contributed by atoms with Crippen LogP contribution in [0, 0.1) is 0 Å². The molecule has 2 N–H and O–H groups in total. The van der Waals surface area contributed by atoms with Gasteiger partial charge >= 0.3 is 6.09 Å². The molecule has 16 nitrogen and oxygen atoms in total. The molecule has 368 valence electrons. The van der Waals surface area contributed by atoms with Gasteiger partial charge < -0.3 is 48.5 Å². The summed E-state index contributed by atoms with van der Waals surface area (Å²) in [5, 5.41) is 0. The number of anilines is 4. The van der Waals surface area contributed by atoms with Crippen LogP contribution in [0.4, 0.5) is 33.2 Å². The fraction of sp³-hybridized carbons (Fsp3) is 0.370. The first-order chi connectivity index (χ1) is 33.8. The van der Waals surface area contributed by atoms with Crippen molar-refractivity contribution >= 4 is 52.6 Å². The predicted octanol–water partition coefficient (Wildman–Crippen LogP) is 8.74. The Morgan fingerprint density at radius 3 is 2.03 bits per heavy atom. The average molecular weight is 956 g/mol. The number of fused-ring (bicyclic) bond motifs is 5. The molecule has 0 saturated heterocycles. The van der Waals surface area contributed by atoms with Crippen LogP contribution in [0.3, 0.4) is 0 Å². The molecule has 3 heterocycles. The number of nitrogens with zero attached hydrogens (tertiary/aromatic N) is 4. The summed E-state index contributed by atoms with van der Waals surface area (Å²) in [6.45, 7) is 9.33. The Hall–Kier alpha value is -7.14. The number of aliphatic imine (C=N–C) groups is 1. The fourth-order valence-electron chi connectivity index (χ4n) is 8.88. The molecule has 0 fully saturated rings. The standard InChI is InChI=1S/C54H61N5O11/c1-34-22-37-12-8-10-14-45(37)58(34)51(60)41-27-47(64-6)49(29-43(41)55)68-32-35-23-36(25-39(24-35)57(53(62)70-54(2,3)4)16-17-66-20-21-67-19-18-63-5)33-69-50-30-44-42(28-48(50)65-7)52(61)59-40(31-56-44)26-38-13-9-11-15-46(38)59/h8-15,23-25,27-31,34,40H,16-22,26,32-33,55H2,1-7H3/t34-,40+/m1/s1. The van der Waals surface area contributed by atoms with E-state index in [1.807, 2.05) is 73.7 Å². The Bertz CT molecular complexity index is 2750. The molecule has 5 aromatic carbocycles. The molecule has 5 aromatic rings. The zero-order chi connectivity index (χ0) is 49.5. The third-order valence-corrected chi connectivity index (χ3v) is 12.1. The van der Waals surface area contributed by atoms with E-state index in [-0.39, 0.29) is 56.0 Å². The number of methoxy groups -OCH3 is 3. The van der Waals surface area contributed by atoms with Gasteiger partial charge in [-0.25, -0.2) is 4.79 Å². The lowest BCUT2D eigenvalue weighted by Crippen LogP contribution is -2.39. The van der Waals surface area contributed by atoms with Crippen LogP contribution in [0.1, 0.15) is 70.7 Å². The van der Waals surface area contributed by atoms with Gasteiger partial charge in [0.25, 0.3) is 11.8 Å². The van der Waals surface area contributed by atoms with E-state index >= 15 is 0 Å². The van der Waals surface area contributed by atoms with Gasteiger partial charge in [-0.1, -0.05) is 36.4 Å². The van der Waals surface area contributed by atoms with E-state index in [0.717, 1.165) is 28.9 Å². The number of rotatable bonds is 19. The van der Waals surface area contributed by atoms with E-state index in [4.69, 9.17) is 48.6 Å². The summed E-state index contributed by atoms with van der Waals surface area (Å²) in [4.78, 5) is 52.0. The molecule has 70 heavy (non-hydrogen) atoms. The highest BCUT2D eigenvalue weighted by molar-refractivity contribution is 6.15. The number of ether oxygens (including phenoxy) is 8. The van der Waals surface area contributed by atoms with E-state index in [9.17, 15) is 14.4 Å². The molecular weight excluding hydrogens is 895 g/mol. The van der Waals surface area contributed by atoms with Gasteiger partial charge in [0.2, 0.25) is 0 Å². The SMILES string of the molecule is COCCOCCOCCN(C(=O)OC(C)(C)C)c1cc(COc2cc(N)c(C(=O)N3c4ccccc4C[C@H]3C)cc2OC)cc(COc2cc3c(cc2OC)C(=O)N2c4ccccc4C[C@H]2C=N3)c1. The number of carbonyl (C=O) groups is 3. The molecular formula is C54H61N5O11. The molecule has 2 atom stereocenters. The third-order valence-electron chi connectivity index (χ3n) is 12.1. The normalized spacial score (nSPS) is 15.7. The second-order valence-corrected chi connectivity index (χ2v) is 18.3. The number of benzene rings is 5. The van der Waals surface area contributed by atoms with Crippen molar-refractivity contribution in [3.8, 4) is 23.0 Å². The van der Waals surface area contributed by atoms with Gasteiger partial charge in [-0.05, 0) is 98.8 Å². The maximum Gasteiger partial charge on any atom is 0.414 e. The molecule has 0 aromatic heterocycles. The van der Waals surface area contributed by atoms with Gasteiger partial charge in [-0.2, -0.15) is 0 Å². The topological polar surface area (TPSA) is 173 Å². The van der Waals surface area contributed by atoms with Crippen LogP contribution in [-0.4, -0.2) is 103 Å². The van der Waals surface area contributed by atoms with Crippen LogP contribution in [0.2, 0.25) is 0 Å². The van der Waals surface area contributed by atoms with Gasteiger partial charge in [0, 0.05) is 60.7 Å². The number of hydrogen-bond acceptors (Lipinski definition) is 13. The van der Waals surface area contributed by atoms with E-state index < -0.39 is 11.7 Å². The molecule has 0 spiro atoms. The first-order valence-corrected chi connectivity index (χ1v) is 23.4. The Kier molecular flexibility index (Phi) is 15.2. The fourth-order valence-corrected chi connectivity index (χ4v) is 8.88. The molecule has 0 unspecified atom stereocenters. The Morgan fingerprint density at radius 2 is 1.36 bits per heavy atom. The lowest BCUT2D eigenvalue weighted by molar-refractivity contribution is 0.0252. The molecule has 3 aliphatic rings. The molecule has 16 heteroatoms. The molecule has 3 aliphatic heterocycles. The van der Waals surface area contributed by atoms with Gasteiger partial charge in [-0.3, -0.25) is 24.4 Å². The predicted molar refractivity (Wildman–Crippen MR) is 268 cm³/mol. The lowest BCUT2D eigenvalue weighted by Gasteiger charge is -2.28. The Labute approximate surface area is 408 Å². The monoisotopic (exact) mass is 955 g/mol. The second-order valence-electron chi connectivity index (χ2n) is 18.3. The average Bonchev–Trinajstić information content (AvgIpc) is 3.85. The highest BCUT2D eigenvalue weighted by atomic mass is 16.6. The molecule has 8 rings (SSSR count). The van der Waals surface area contributed by atoms with Crippen LogP contribution in [-0.2, 0) is 45.0 Å². The van der Waals surface area contributed by atoms with Crippen LogP contribution >= 0.6 is 0 Å². The number of nitrogens with two attached hydrogens (primary N) is 1. The molecule has 0 radical (unpaired) electrons. The van der Waals surface area contributed by atoms with E-state index in [2.05, 4.69) is 0 Å². The summed E-state index contributed by atoms with van der Waals surface area (Å²) < 4.78 is 46.9. The van der Waals surface area contributed by atoms with Crippen molar-refractivity contribution in [2.45, 2.75) is 71.4 Å². The highest BCUT2D eigenvalue weighted by Gasteiger charge is 2.37. The minimum atomic E-state index is -0.803. The zero-order valence-electron chi connectivity index (χ0n) is 40.8. The first kappa shape index (κ1) is 49.3.